The van der Waals surface area contributed by atoms with Gasteiger partial charge in [-0.3, -0.25) is 9.36 Å². The normalized spacial score (nSPS) is 16.1. The zero-order valence-electron chi connectivity index (χ0n) is 17.4. The Kier molecular flexibility index (Phi) is 5.69. The molecule has 0 saturated carbocycles. The largest absolute Gasteiger partial charge is 0.463 e. The van der Waals surface area contributed by atoms with Crippen molar-refractivity contribution >= 4 is 23.4 Å². The summed E-state index contributed by atoms with van der Waals surface area (Å²) in [7, 11) is 0. The Morgan fingerprint density at radius 2 is 1.84 bits per heavy atom. The van der Waals surface area contributed by atoms with E-state index < -0.39 is 12.0 Å². The molecule has 3 aromatic rings. The van der Waals surface area contributed by atoms with Crippen LogP contribution in [0.3, 0.4) is 0 Å². The molecule has 0 saturated heterocycles. The summed E-state index contributed by atoms with van der Waals surface area (Å²) in [5, 5.41) is 0. The Balaban J connectivity index is 1.94. The van der Waals surface area contributed by atoms with Crippen LogP contribution in [0, 0.1) is 12.7 Å². The molecule has 0 fully saturated rings. The predicted molar refractivity (Wildman–Crippen MR) is 118 cm³/mol. The summed E-state index contributed by atoms with van der Waals surface area (Å²) < 4.78 is 20.5. The van der Waals surface area contributed by atoms with E-state index in [9.17, 15) is 14.0 Å². The molecular weight excluding hydrogens is 415 g/mol. The zero-order valence-corrected chi connectivity index (χ0v) is 18.2. The fraction of sp³-hybridized carbons (Fsp3) is 0.208. The minimum absolute atomic E-state index is 0.227. The second-order valence-electron chi connectivity index (χ2n) is 7.26. The quantitative estimate of drug-likeness (QED) is 0.590. The van der Waals surface area contributed by atoms with Gasteiger partial charge in [-0.15, -0.1) is 0 Å². The number of ether oxygens (including phenoxy) is 1. The van der Waals surface area contributed by atoms with Gasteiger partial charge in [-0.2, -0.15) is 0 Å². The molecule has 0 amide bonds. The Labute approximate surface area is 182 Å². The maximum absolute atomic E-state index is 13.4. The number of fused-ring (bicyclic) bond motifs is 1. The Morgan fingerprint density at radius 3 is 2.48 bits per heavy atom. The first-order chi connectivity index (χ1) is 14.9. The molecule has 31 heavy (non-hydrogen) atoms. The summed E-state index contributed by atoms with van der Waals surface area (Å²) in [4.78, 5) is 31.3. The Hall–Kier alpha value is -3.32. The third-order valence-electron chi connectivity index (χ3n) is 5.08. The van der Waals surface area contributed by atoms with Crippen LogP contribution in [0.5, 0.6) is 0 Å². The van der Waals surface area contributed by atoms with Crippen molar-refractivity contribution < 1.29 is 13.9 Å². The molecule has 0 unspecified atom stereocenters. The van der Waals surface area contributed by atoms with Gasteiger partial charge in [0.25, 0.3) is 5.56 Å². The number of rotatable bonds is 4. The SMILES string of the molecule is CCOC(=O)C1=C(C)N=c2s/c(=C/c3ccc(F)cc3)c(=O)n2[C@@H]1c1ccc(C)cc1. The number of benzene rings is 2. The summed E-state index contributed by atoms with van der Waals surface area (Å²) >= 11 is 1.24. The highest BCUT2D eigenvalue weighted by atomic mass is 32.1. The molecule has 0 aliphatic carbocycles. The maximum atomic E-state index is 13.4. The highest BCUT2D eigenvalue weighted by Gasteiger charge is 2.33. The highest BCUT2D eigenvalue weighted by molar-refractivity contribution is 7.07. The summed E-state index contributed by atoms with van der Waals surface area (Å²) in [6.45, 7) is 5.70. The van der Waals surface area contributed by atoms with E-state index in [1.807, 2.05) is 31.2 Å². The average molecular weight is 437 g/mol. The number of hydrogen-bond donors (Lipinski definition) is 0. The first-order valence-corrected chi connectivity index (χ1v) is 10.7. The fourth-order valence-electron chi connectivity index (χ4n) is 3.57. The molecule has 4 rings (SSSR count). The van der Waals surface area contributed by atoms with Gasteiger partial charge in [0.05, 0.1) is 28.5 Å². The van der Waals surface area contributed by atoms with Gasteiger partial charge in [0.15, 0.2) is 4.80 Å². The number of thiazole rings is 1. The zero-order chi connectivity index (χ0) is 22.1. The van der Waals surface area contributed by atoms with E-state index in [-0.39, 0.29) is 18.0 Å². The molecule has 2 heterocycles. The van der Waals surface area contributed by atoms with Gasteiger partial charge < -0.3 is 4.74 Å². The number of halogens is 1. The van der Waals surface area contributed by atoms with Crippen molar-refractivity contribution in [2.75, 3.05) is 6.61 Å². The molecule has 2 aromatic carbocycles. The van der Waals surface area contributed by atoms with Crippen LogP contribution < -0.4 is 14.9 Å². The lowest BCUT2D eigenvalue weighted by Crippen LogP contribution is -2.39. The van der Waals surface area contributed by atoms with E-state index in [4.69, 9.17) is 4.74 Å². The van der Waals surface area contributed by atoms with Crippen molar-refractivity contribution in [1.29, 1.82) is 0 Å². The van der Waals surface area contributed by atoms with Crippen molar-refractivity contribution in [2.24, 2.45) is 4.99 Å². The highest BCUT2D eigenvalue weighted by Crippen LogP contribution is 2.30. The van der Waals surface area contributed by atoms with E-state index in [1.165, 1.54) is 23.5 Å². The van der Waals surface area contributed by atoms with Crippen LogP contribution in [0.25, 0.3) is 6.08 Å². The van der Waals surface area contributed by atoms with Gasteiger partial charge in [0.2, 0.25) is 0 Å². The Bertz CT molecular complexity index is 1350. The van der Waals surface area contributed by atoms with Gasteiger partial charge in [-0.25, -0.2) is 14.2 Å². The molecule has 0 N–H and O–H groups in total. The van der Waals surface area contributed by atoms with Gasteiger partial charge in [-0.05, 0) is 50.1 Å². The van der Waals surface area contributed by atoms with E-state index in [0.717, 1.165) is 11.1 Å². The number of hydrogen-bond acceptors (Lipinski definition) is 5. The molecule has 1 atom stereocenters. The molecule has 1 aromatic heterocycles. The first-order valence-electron chi connectivity index (χ1n) is 9.91. The number of nitrogens with zero attached hydrogens (tertiary/aromatic N) is 2. The van der Waals surface area contributed by atoms with E-state index >= 15 is 0 Å². The molecule has 1 aliphatic rings. The number of carbonyl (C=O) groups excluding carboxylic acids is 1. The van der Waals surface area contributed by atoms with Crippen LogP contribution in [-0.2, 0) is 9.53 Å². The van der Waals surface area contributed by atoms with E-state index in [1.54, 1.807) is 36.6 Å². The second kappa shape index (κ2) is 8.43. The summed E-state index contributed by atoms with van der Waals surface area (Å²) in [6, 6.07) is 13.0. The topological polar surface area (TPSA) is 60.7 Å². The lowest BCUT2D eigenvalue weighted by atomic mass is 9.95. The molecule has 7 heteroatoms. The minimum Gasteiger partial charge on any atom is -0.463 e. The molecule has 158 valence electrons. The standard InChI is InChI=1S/C24H21FN2O3S/c1-4-30-23(29)20-15(3)26-24-27(21(20)17-9-5-14(2)6-10-17)22(28)19(31-24)13-16-7-11-18(25)12-8-16/h5-13,21H,4H2,1-3H3/b19-13+/t21-/m1/s1. The predicted octanol–water partition coefficient (Wildman–Crippen LogP) is 3.25. The van der Waals surface area contributed by atoms with Crippen molar-refractivity contribution in [3.05, 3.63) is 102 Å². The van der Waals surface area contributed by atoms with Crippen molar-refractivity contribution in [3.8, 4) is 0 Å². The van der Waals surface area contributed by atoms with Crippen LogP contribution >= 0.6 is 11.3 Å². The smallest absolute Gasteiger partial charge is 0.338 e. The van der Waals surface area contributed by atoms with Crippen LogP contribution in [-0.4, -0.2) is 17.1 Å². The van der Waals surface area contributed by atoms with E-state index in [0.29, 0.717) is 26.2 Å². The average Bonchev–Trinajstić information content (AvgIpc) is 3.04. The molecule has 0 radical (unpaired) electrons. The first kappa shape index (κ1) is 20.9. The maximum Gasteiger partial charge on any atom is 0.338 e. The van der Waals surface area contributed by atoms with Crippen LogP contribution in [0.1, 0.15) is 36.6 Å². The van der Waals surface area contributed by atoms with Crippen molar-refractivity contribution in [2.45, 2.75) is 26.8 Å². The van der Waals surface area contributed by atoms with Gasteiger partial charge in [0, 0.05) is 0 Å². The molecule has 1 aliphatic heterocycles. The summed E-state index contributed by atoms with van der Waals surface area (Å²) in [5.74, 6) is -0.824. The van der Waals surface area contributed by atoms with Gasteiger partial charge in [-0.1, -0.05) is 53.3 Å². The van der Waals surface area contributed by atoms with Crippen LogP contribution in [0.4, 0.5) is 4.39 Å². The van der Waals surface area contributed by atoms with Crippen LogP contribution in [0.2, 0.25) is 0 Å². The third-order valence-corrected chi connectivity index (χ3v) is 6.06. The summed E-state index contributed by atoms with van der Waals surface area (Å²) in [5.41, 5.74) is 3.21. The fourth-order valence-corrected chi connectivity index (χ4v) is 4.61. The third kappa shape index (κ3) is 4.01. The van der Waals surface area contributed by atoms with Crippen LogP contribution in [0.15, 0.2) is 69.6 Å². The van der Waals surface area contributed by atoms with Gasteiger partial charge in [0.1, 0.15) is 5.82 Å². The number of aromatic nitrogens is 1. The van der Waals surface area contributed by atoms with E-state index in [2.05, 4.69) is 4.99 Å². The second-order valence-corrected chi connectivity index (χ2v) is 8.27. The molecule has 0 spiro atoms. The van der Waals surface area contributed by atoms with Gasteiger partial charge >= 0.3 is 5.97 Å². The Morgan fingerprint density at radius 1 is 1.16 bits per heavy atom. The lowest BCUT2D eigenvalue weighted by Gasteiger charge is -2.24. The monoisotopic (exact) mass is 436 g/mol. The number of allylic oxidation sites excluding steroid dienone is 1. The number of esters is 1. The molecule has 0 bridgehead atoms. The molecule has 5 nitrogen and oxygen atoms in total. The number of aryl methyl sites for hydroxylation is 1. The number of carbonyl (C=O) groups is 1. The van der Waals surface area contributed by atoms with Crippen molar-refractivity contribution in [3.63, 3.8) is 0 Å². The summed E-state index contributed by atoms with van der Waals surface area (Å²) in [6.07, 6.45) is 1.71. The molecular formula is C24H21FN2O3S. The lowest BCUT2D eigenvalue weighted by molar-refractivity contribution is -0.139. The van der Waals surface area contributed by atoms with Crippen molar-refractivity contribution in [1.82, 2.24) is 4.57 Å². The minimum atomic E-state index is -0.633.